The first-order valence-electron chi connectivity index (χ1n) is 12.2. The molecule has 0 aliphatic carbocycles. The Labute approximate surface area is 220 Å². The number of likely N-dealkylation sites (tertiary alicyclic amines) is 1. The Bertz CT molecular complexity index is 1200. The summed E-state index contributed by atoms with van der Waals surface area (Å²) in [4.78, 5) is 40.2. The molecule has 1 aliphatic heterocycles. The molecule has 0 spiro atoms. The summed E-state index contributed by atoms with van der Waals surface area (Å²) < 4.78 is 30.0. The molecule has 1 saturated heterocycles. The van der Waals surface area contributed by atoms with Gasteiger partial charge >= 0.3 is 0 Å². The summed E-state index contributed by atoms with van der Waals surface area (Å²) in [7, 11) is 0. The van der Waals surface area contributed by atoms with Crippen LogP contribution in [0.25, 0.3) is 0 Å². The van der Waals surface area contributed by atoms with Crippen LogP contribution in [0.3, 0.4) is 0 Å². The summed E-state index contributed by atoms with van der Waals surface area (Å²) in [5, 5.41) is 26.3. The Kier molecular flexibility index (Phi) is 8.56. The van der Waals surface area contributed by atoms with Crippen molar-refractivity contribution >= 4 is 17.7 Å². The minimum Gasteiger partial charge on any atom is -0.508 e. The number of halogens is 2. The van der Waals surface area contributed by atoms with Crippen molar-refractivity contribution in [1.29, 1.82) is 0 Å². The number of carbonyl (C=O) groups is 3. The van der Waals surface area contributed by atoms with E-state index >= 15 is 8.78 Å². The Morgan fingerprint density at radius 1 is 1.16 bits per heavy atom. The van der Waals surface area contributed by atoms with Gasteiger partial charge < -0.3 is 25.7 Å². The standard InChI is InChI=1S/C28H33F2N3O5/c1-5-14-31-25(37)23-27(3,4)28(29,30)16-33(23)26(38)22(35)20(15-18-10-7-6-8-11-18)32-24(36)19-12-9-13-21(34)17(19)2/h5-13,20,22-23,34-35H,1,14-16H2,2-4H3,(H,31,37)(H,32,36)/t20-,22-,23+/m0/s1. The van der Waals surface area contributed by atoms with Gasteiger partial charge in [-0.25, -0.2) is 8.78 Å². The summed E-state index contributed by atoms with van der Waals surface area (Å²) in [6.45, 7) is 6.36. The van der Waals surface area contributed by atoms with E-state index in [0.29, 0.717) is 16.0 Å². The predicted molar refractivity (Wildman–Crippen MR) is 138 cm³/mol. The molecule has 10 heteroatoms. The summed E-state index contributed by atoms with van der Waals surface area (Å²) >= 11 is 0. The second kappa shape index (κ2) is 11.3. The Balaban J connectivity index is 1.94. The van der Waals surface area contributed by atoms with Gasteiger partial charge in [0.15, 0.2) is 6.10 Å². The fraction of sp³-hybridized carbons (Fsp3) is 0.393. The van der Waals surface area contributed by atoms with Crippen molar-refractivity contribution in [3.63, 3.8) is 0 Å². The number of amides is 3. The Hall–Kier alpha value is -3.79. The van der Waals surface area contributed by atoms with Crippen molar-refractivity contribution in [3.8, 4) is 5.75 Å². The number of nitrogens with one attached hydrogen (secondary N) is 2. The van der Waals surface area contributed by atoms with Gasteiger partial charge in [0.1, 0.15) is 11.8 Å². The normalized spacial score (nSPS) is 19.3. The first-order valence-corrected chi connectivity index (χ1v) is 12.2. The highest BCUT2D eigenvalue weighted by atomic mass is 19.3. The van der Waals surface area contributed by atoms with E-state index in [9.17, 15) is 24.6 Å². The maximum atomic E-state index is 15.0. The number of carbonyl (C=O) groups excluding carboxylic acids is 3. The first-order chi connectivity index (χ1) is 17.8. The van der Waals surface area contributed by atoms with E-state index in [2.05, 4.69) is 17.2 Å². The molecule has 0 bridgehead atoms. The number of nitrogens with zero attached hydrogens (tertiary/aromatic N) is 1. The lowest BCUT2D eigenvalue weighted by Gasteiger charge is -2.34. The molecule has 0 unspecified atom stereocenters. The molecule has 4 N–H and O–H groups in total. The van der Waals surface area contributed by atoms with Crippen LogP contribution in [0, 0.1) is 12.3 Å². The van der Waals surface area contributed by atoms with Crippen molar-refractivity contribution in [1.82, 2.24) is 15.5 Å². The quantitative estimate of drug-likeness (QED) is 0.373. The summed E-state index contributed by atoms with van der Waals surface area (Å²) in [5.74, 6) is -6.10. The van der Waals surface area contributed by atoms with E-state index in [-0.39, 0.29) is 24.3 Å². The number of aliphatic hydroxyl groups excluding tert-OH is 1. The van der Waals surface area contributed by atoms with Gasteiger partial charge in [-0.15, -0.1) is 6.58 Å². The zero-order valence-electron chi connectivity index (χ0n) is 21.6. The molecule has 0 aromatic heterocycles. The molecule has 1 heterocycles. The molecule has 3 amide bonds. The number of benzene rings is 2. The van der Waals surface area contributed by atoms with Crippen LogP contribution in [0.4, 0.5) is 8.78 Å². The number of rotatable bonds is 9. The smallest absolute Gasteiger partial charge is 0.272 e. The Morgan fingerprint density at radius 3 is 2.45 bits per heavy atom. The van der Waals surface area contributed by atoms with Gasteiger partial charge in [-0.2, -0.15) is 0 Å². The summed E-state index contributed by atoms with van der Waals surface area (Å²) in [5.41, 5.74) is -0.836. The molecule has 3 atom stereocenters. The number of phenolic OH excluding ortho intramolecular Hbond substituents is 1. The van der Waals surface area contributed by atoms with Crippen LogP contribution in [-0.4, -0.2) is 70.0 Å². The zero-order chi connectivity index (χ0) is 28.3. The van der Waals surface area contributed by atoms with Gasteiger partial charge in [0, 0.05) is 17.7 Å². The van der Waals surface area contributed by atoms with Crippen LogP contribution < -0.4 is 10.6 Å². The van der Waals surface area contributed by atoms with E-state index in [4.69, 9.17) is 0 Å². The average Bonchev–Trinajstić information content (AvgIpc) is 3.07. The topological polar surface area (TPSA) is 119 Å². The minimum atomic E-state index is -3.42. The second-order valence-electron chi connectivity index (χ2n) is 9.99. The third-order valence-electron chi connectivity index (χ3n) is 7.06. The fourth-order valence-corrected chi connectivity index (χ4v) is 4.61. The van der Waals surface area contributed by atoms with Crippen LogP contribution in [0.2, 0.25) is 0 Å². The molecule has 2 aromatic rings. The van der Waals surface area contributed by atoms with E-state index in [0.717, 1.165) is 0 Å². The monoisotopic (exact) mass is 529 g/mol. The van der Waals surface area contributed by atoms with Crippen LogP contribution in [0.15, 0.2) is 61.2 Å². The van der Waals surface area contributed by atoms with Gasteiger partial charge in [0.25, 0.3) is 17.7 Å². The number of hydrogen-bond donors (Lipinski definition) is 4. The van der Waals surface area contributed by atoms with Crippen molar-refractivity contribution in [2.24, 2.45) is 5.41 Å². The van der Waals surface area contributed by atoms with Crippen LogP contribution in [0.1, 0.15) is 35.3 Å². The van der Waals surface area contributed by atoms with Crippen LogP contribution in [0.5, 0.6) is 5.75 Å². The van der Waals surface area contributed by atoms with Crippen molar-refractivity contribution in [2.75, 3.05) is 13.1 Å². The lowest BCUT2D eigenvalue weighted by Crippen LogP contribution is -2.57. The highest BCUT2D eigenvalue weighted by Gasteiger charge is 2.64. The second-order valence-corrected chi connectivity index (χ2v) is 9.99. The zero-order valence-corrected chi connectivity index (χ0v) is 21.6. The third kappa shape index (κ3) is 5.70. The van der Waals surface area contributed by atoms with Gasteiger partial charge in [0.2, 0.25) is 5.91 Å². The van der Waals surface area contributed by atoms with Gasteiger partial charge in [0.05, 0.1) is 18.0 Å². The third-order valence-corrected chi connectivity index (χ3v) is 7.06. The molecule has 38 heavy (non-hydrogen) atoms. The molecule has 0 radical (unpaired) electrons. The summed E-state index contributed by atoms with van der Waals surface area (Å²) in [6, 6.07) is 10.3. The highest BCUT2D eigenvalue weighted by molar-refractivity contribution is 5.97. The summed E-state index contributed by atoms with van der Waals surface area (Å²) in [6.07, 6.45) is -0.567. The number of aliphatic hydroxyl groups is 1. The Morgan fingerprint density at radius 2 is 1.82 bits per heavy atom. The van der Waals surface area contributed by atoms with Crippen molar-refractivity contribution in [3.05, 3.63) is 77.9 Å². The lowest BCUT2D eigenvalue weighted by molar-refractivity contribution is -0.148. The average molecular weight is 530 g/mol. The number of alkyl halides is 2. The first kappa shape index (κ1) is 28.8. The van der Waals surface area contributed by atoms with E-state index in [1.54, 1.807) is 37.3 Å². The fourth-order valence-electron chi connectivity index (χ4n) is 4.61. The van der Waals surface area contributed by atoms with Crippen molar-refractivity contribution in [2.45, 2.75) is 51.3 Å². The predicted octanol–water partition coefficient (Wildman–Crippen LogP) is 2.58. The number of hydrogen-bond acceptors (Lipinski definition) is 5. The van der Waals surface area contributed by atoms with Gasteiger partial charge in [-0.1, -0.05) is 56.3 Å². The molecule has 8 nitrogen and oxygen atoms in total. The number of phenols is 1. The van der Waals surface area contributed by atoms with E-state index in [1.807, 2.05) is 0 Å². The largest absolute Gasteiger partial charge is 0.508 e. The molecular weight excluding hydrogens is 496 g/mol. The molecule has 1 aliphatic rings. The van der Waals surface area contributed by atoms with Crippen LogP contribution in [-0.2, 0) is 16.0 Å². The molecular formula is C28H33F2N3O5. The SMILES string of the molecule is C=CCNC(=O)[C@H]1N(C(=O)[C@@H](O)[C@H](Cc2ccccc2)NC(=O)c2cccc(O)c2C)CC(F)(F)C1(C)C. The van der Waals surface area contributed by atoms with Gasteiger partial charge in [-0.05, 0) is 31.0 Å². The van der Waals surface area contributed by atoms with Gasteiger partial charge in [-0.3, -0.25) is 14.4 Å². The maximum absolute atomic E-state index is 15.0. The molecule has 0 saturated carbocycles. The van der Waals surface area contributed by atoms with Crippen LogP contribution >= 0.6 is 0 Å². The highest BCUT2D eigenvalue weighted by Crippen LogP contribution is 2.48. The van der Waals surface area contributed by atoms with E-state index < -0.39 is 53.8 Å². The van der Waals surface area contributed by atoms with E-state index in [1.165, 1.54) is 38.1 Å². The molecule has 1 fully saturated rings. The minimum absolute atomic E-state index is 0.00168. The molecule has 3 rings (SSSR count). The van der Waals surface area contributed by atoms with Crippen molar-refractivity contribution < 1.29 is 33.4 Å². The maximum Gasteiger partial charge on any atom is 0.272 e. The molecule has 204 valence electrons. The number of aromatic hydroxyl groups is 1. The molecule has 2 aromatic carbocycles. The lowest BCUT2D eigenvalue weighted by atomic mass is 9.81.